The van der Waals surface area contributed by atoms with Gasteiger partial charge in [-0.05, 0) is 89.1 Å². The number of hydrogen-bond donors (Lipinski definition) is 0. The predicted octanol–water partition coefficient (Wildman–Crippen LogP) is 10.1. The van der Waals surface area contributed by atoms with Crippen molar-refractivity contribution in [3.05, 3.63) is 41.5 Å². The third kappa shape index (κ3) is 6.98. The lowest BCUT2D eigenvalue weighted by molar-refractivity contribution is 0.265. The van der Waals surface area contributed by atoms with Gasteiger partial charge in [-0.1, -0.05) is 113 Å². The summed E-state index contributed by atoms with van der Waals surface area (Å²) >= 11 is 0. The highest BCUT2D eigenvalue weighted by Gasteiger charge is 2.39. The van der Waals surface area contributed by atoms with Gasteiger partial charge in [-0.15, -0.1) is 0 Å². The summed E-state index contributed by atoms with van der Waals surface area (Å²) in [5.74, 6) is 7.98. The summed E-state index contributed by atoms with van der Waals surface area (Å²) in [5.41, 5.74) is 3.52. The van der Waals surface area contributed by atoms with Gasteiger partial charge in [-0.25, -0.2) is 0 Å². The summed E-state index contributed by atoms with van der Waals surface area (Å²) in [4.78, 5) is 0. The van der Waals surface area contributed by atoms with Crippen LogP contribution < -0.4 is 0 Å². The van der Waals surface area contributed by atoms with Gasteiger partial charge in [0.15, 0.2) is 0 Å². The molecule has 3 atom stereocenters. The van der Waals surface area contributed by atoms with E-state index in [-0.39, 0.29) is 0 Å². The lowest BCUT2D eigenvalue weighted by atomic mass is 9.74. The summed E-state index contributed by atoms with van der Waals surface area (Å²) in [6.45, 7) is 25.6. The molecule has 1 aromatic rings. The van der Waals surface area contributed by atoms with Crippen LogP contribution in [-0.2, 0) is 0 Å². The van der Waals surface area contributed by atoms with E-state index in [4.69, 9.17) is 0 Å². The van der Waals surface area contributed by atoms with Crippen molar-refractivity contribution < 1.29 is 0 Å². The molecule has 0 amide bonds. The summed E-state index contributed by atoms with van der Waals surface area (Å²) in [6, 6.07) is 8.96. The van der Waals surface area contributed by atoms with Crippen LogP contribution in [0.4, 0.5) is 0 Å². The van der Waals surface area contributed by atoms with Crippen LogP contribution in [0.1, 0.15) is 112 Å². The van der Waals surface area contributed by atoms with E-state index in [0.717, 1.165) is 53.3 Å². The SMILES string of the molecule is CC(C)(C)CC1CCC2c3ccccc3C=CC12.CC(C)C.CC1C(C)C(C)C(C)C1C. The Hall–Kier alpha value is -1.04. The highest BCUT2D eigenvalue weighted by molar-refractivity contribution is 5.58. The molecule has 2 saturated carbocycles. The first-order valence-electron chi connectivity index (χ1n) is 13.6. The molecule has 3 aliphatic rings. The number of rotatable bonds is 1. The van der Waals surface area contributed by atoms with Crippen molar-refractivity contribution in [1.82, 2.24) is 0 Å². The van der Waals surface area contributed by atoms with Crippen molar-refractivity contribution in [2.45, 2.75) is 101 Å². The van der Waals surface area contributed by atoms with E-state index in [0.29, 0.717) is 5.41 Å². The predicted molar refractivity (Wildman–Crippen MR) is 145 cm³/mol. The summed E-state index contributed by atoms with van der Waals surface area (Å²) in [5, 5.41) is 0. The van der Waals surface area contributed by atoms with Crippen molar-refractivity contribution in [1.29, 1.82) is 0 Å². The second kappa shape index (κ2) is 11.4. The average molecular weight is 439 g/mol. The fourth-order valence-electron chi connectivity index (χ4n) is 6.40. The highest BCUT2D eigenvalue weighted by atomic mass is 14.4. The zero-order valence-corrected chi connectivity index (χ0v) is 23.3. The molecule has 0 bridgehead atoms. The first-order valence-corrected chi connectivity index (χ1v) is 13.6. The van der Waals surface area contributed by atoms with Gasteiger partial charge in [-0.3, -0.25) is 0 Å². The van der Waals surface area contributed by atoms with E-state index in [1.54, 1.807) is 5.56 Å². The number of benzene rings is 1. The Balaban J connectivity index is 0.000000219. The minimum absolute atomic E-state index is 0.463. The molecule has 1 aromatic carbocycles. The third-order valence-electron chi connectivity index (χ3n) is 8.77. The van der Waals surface area contributed by atoms with E-state index in [1.807, 2.05) is 0 Å². The maximum Gasteiger partial charge on any atom is -0.00902 e. The van der Waals surface area contributed by atoms with Crippen LogP contribution >= 0.6 is 0 Å². The molecule has 3 aliphatic carbocycles. The van der Waals surface area contributed by atoms with Gasteiger partial charge in [0.2, 0.25) is 0 Å². The Labute approximate surface area is 201 Å². The van der Waals surface area contributed by atoms with Crippen LogP contribution in [0.5, 0.6) is 0 Å². The zero-order valence-electron chi connectivity index (χ0n) is 23.3. The Morgan fingerprint density at radius 3 is 1.72 bits per heavy atom. The second-order valence-corrected chi connectivity index (χ2v) is 13.3. The van der Waals surface area contributed by atoms with Gasteiger partial charge in [0.1, 0.15) is 0 Å². The molecule has 32 heavy (non-hydrogen) atoms. The topological polar surface area (TPSA) is 0 Å². The molecule has 0 N–H and O–H groups in total. The van der Waals surface area contributed by atoms with E-state index < -0.39 is 0 Å². The summed E-state index contributed by atoms with van der Waals surface area (Å²) in [7, 11) is 0. The Bertz CT molecular complexity index is 670. The molecule has 2 fully saturated rings. The van der Waals surface area contributed by atoms with Gasteiger partial charge in [0.05, 0.1) is 0 Å². The maximum absolute atomic E-state index is 2.50. The normalized spacial score (nSPS) is 35.4. The Kier molecular flexibility index (Phi) is 9.69. The molecule has 0 heteroatoms. The highest BCUT2D eigenvalue weighted by Crippen LogP contribution is 2.51. The molecule has 0 saturated heterocycles. The Morgan fingerprint density at radius 2 is 1.25 bits per heavy atom. The van der Waals surface area contributed by atoms with E-state index in [2.05, 4.69) is 113 Å². The first-order chi connectivity index (χ1) is 14.8. The smallest absolute Gasteiger partial charge is 0.00902 e. The quantitative estimate of drug-likeness (QED) is 0.409. The van der Waals surface area contributed by atoms with Gasteiger partial charge in [0.25, 0.3) is 0 Å². The van der Waals surface area contributed by atoms with Crippen molar-refractivity contribution in [3.8, 4) is 0 Å². The van der Waals surface area contributed by atoms with Gasteiger partial charge in [0, 0.05) is 0 Å². The minimum Gasteiger partial charge on any atom is -0.0799 e. The van der Waals surface area contributed by atoms with Crippen molar-refractivity contribution in [3.63, 3.8) is 0 Å². The molecule has 0 nitrogen and oxygen atoms in total. The van der Waals surface area contributed by atoms with Gasteiger partial charge >= 0.3 is 0 Å². The van der Waals surface area contributed by atoms with E-state index in [9.17, 15) is 0 Å². The number of hydrogen-bond acceptors (Lipinski definition) is 0. The third-order valence-corrected chi connectivity index (χ3v) is 8.77. The summed E-state index contributed by atoms with van der Waals surface area (Å²) in [6.07, 6.45) is 9.01. The average Bonchev–Trinajstić information content (AvgIpc) is 3.18. The molecule has 0 heterocycles. The van der Waals surface area contributed by atoms with Gasteiger partial charge in [-0.2, -0.15) is 0 Å². The molecule has 0 aliphatic heterocycles. The maximum atomic E-state index is 2.50. The number of allylic oxidation sites excluding steroid dienone is 1. The Morgan fingerprint density at radius 1 is 0.781 bits per heavy atom. The largest absolute Gasteiger partial charge is 0.0799 e. The molecular weight excluding hydrogens is 384 g/mol. The van der Waals surface area contributed by atoms with Crippen LogP contribution in [0, 0.1) is 52.8 Å². The number of fused-ring (bicyclic) bond motifs is 3. The second-order valence-electron chi connectivity index (χ2n) is 13.3. The monoisotopic (exact) mass is 438 g/mol. The van der Waals surface area contributed by atoms with Crippen LogP contribution in [0.3, 0.4) is 0 Å². The zero-order chi connectivity index (χ0) is 24.2. The van der Waals surface area contributed by atoms with E-state index in [1.165, 1.54) is 24.8 Å². The van der Waals surface area contributed by atoms with Crippen molar-refractivity contribution in [2.75, 3.05) is 0 Å². The molecule has 0 spiro atoms. The van der Waals surface area contributed by atoms with Crippen molar-refractivity contribution in [2.24, 2.45) is 52.8 Å². The van der Waals surface area contributed by atoms with E-state index >= 15 is 0 Å². The molecule has 0 radical (unpaired) electrons. The standard InChI is InChI=1S/C18H24.C10H20.C4H10/c1-18(2,3)12-14-9-11-17-15-7-5-4-6-13(15)8-10-16(14)17;1-6-7(2)9(4)10(5)8(6)3;1-4(2)3/h4-8,10,14,16-17H,9,11-12H2,1-3H3;6-10H,1-5H3;4H,1-3H3. The van der Waals surface area contributed by atoms with Crippen LogP contribution in [-0.4, -0.2) is 0 Å². The molecule has 3 unspecified atom stereocenters. The lowest BCUT2D eigenvalue weighted by Gasteiger charge is -2.30. The lowest BCUT2D eigenvalue weighted by Crippen LogP contribution is -2.20. The summed E-state index contributed by atoms with van der Waals surface area (Å²) < 4.78 is 0. The van der Waals surface area contributed by atoms with Crippen molar-refractivity contribution >= 4 is 6.08 Å². The fourth-order valence-corrected chi connectivity index (χ4v) is 6.40. The fraction of sp³-hybridized carbons (Fsp3) is 0.750. The molecular formula is C32H54. The van der Waals surface area contributed by atoms with Crippen LogP contribution in [0.25, 0.3) is 6.08 Å². The first kappa shape index (κ1) is 27.2. The van der Waals surface area contributed by atoms with Crippen LogP contribution in [0.15, 0.2) is 30.3 Å². The van der Waals surface area contributed by atoms with Crippen LogP contribution in [0.2, 0.25) is 0 Å². The molecule has 4 rings (SSSR count). The van der Waals surface area contributed by atoms with Gasteiger partial charge < -0.3 is 0 Å². The molecule has 182 valence electrons. The molecule has 0 aromatic heterocycles. The minimum atomic E-state index is 0.463.